The molecule has 0 radical (unpaired) electrons. The van der Waals surface area contributed by atoms with E-state index in [1.54, 1.807) is 19.2 Å². The Balaban J connectivity index is 2.35. The molecule has 1 aromatic rings. The number of unbranched alkanes of at least 4 members (excludes halogenated alkanes) is 1. The third kappa shape index (κ3) is 5.33. The van der Waals surface area contributed by atoms with Crippen molar-refractivity contribution in [1.29, 1.82) is 0 Å². The summed E-state index contributed by atoms with van der Waals surface area (Å²) in [6, 6.07) is 6.46. The van der Waals surface area contributed by atoms with Gasteiger partial charge in [-0.15, -0.1) is 0 Å². The Morgan fingerprint density at radius 2 is 1.94 bits per heavy atom. The molecule has 0 spiro atoms. The van der Waals surface area contributed by atoms with E-state index in [-0.39, 0.29) is 5.82 Å². The second kappa shape index (κ2) is 7.65. The zero-order chi connectivity index (χ0) is 12.5. The first-order valence-electron chi connectivity index (χ1n) is 5.95. The molecule has 0 amide bonds. The fraction of sp³-hybridized carbons (Fsp3) is 0.462. The minimum Gasteiger partial charge on any atom is -0.356 e. The third-order valence-electron chi connectivity index (χ3n) is 2.42. The molecule has 0 saturated carbocycles. The Morgan fingerprint density at radius 3 is 2.53 bits per heavy atom. The van der Waals surface area contributed by atoms with Gasteiger partial charge in [-0.25, -0.2) is 4.39 Å². The van der Waals surface area contributed by atoms with Gasteiger partial charge in [-0.2, -0.15) is 0 Å². The van der Waals surface area contributed by atoms with Gasteiger partial charge in [0.15, 0.2) is 5.96 Å². The van der Waals surface area contributed by atoms with Crippen LogP contribution in [0, 0.1) is 5.82 Å². The van der Waals surface area contributed by atoms with E-state index < -0.39 is 0 Å². The van der Waals surface area contributed by atoms with Gasteiger partial charge in [0.05, 0.1) is 0 Å². The molecule has 3 nitrogen and oxygen atoms in total. The van der Waals surface area contributed by atoms with Crippen molar-refractivity contribution in [3.8, 4) is 0 Å². The summed E-state index contributed by atoms with van der Waals surface area (Å²) in [6.45, 7) is 3.71. The van der Waals surface area contributed by atoms with Crippen LogP contribution in [0.1, 0.15) is 25.3 Å². The summed E-state index contributed by atoms with van der Waals surface area (Å²) in [6.07, 6.45) is 2.28. The van der Waals surface area contributed by atoms with Gasteiger partial charge in [0.25, 0.3) is 0 Å². The van der Waals surface area contributed by atoms with Crippen molar-refractivity contribution in [3.63, 3.8) is 0 Å². The molecule has 0 aliphatic heterocycles. The van der Waals surface area contributed by atoms with Gasteiger partial charge in [-0.3, -0.25) is 4.99 Å². The van der Waals surface area contributed by atoms with Crippen LogP contribution in [0.5, 0.6) is 0 Å². The molecule has 0 unspecified atom stereocenters. The topological polar surface area (TPSA) is 36.4 Å². The van der Waals surface area contributed by atoms with Crippen LogP contribution in [0.3, 0.4) is 0 Å². The molecule has 0 fully saturated rings. The Bertz CT molecular complexity index is 346. The predicted octanol–water partition coefficient (Wildman–Crippen LogP) is 2.29. The number of hydrogen-bond donors (Lipinski definition) is 2. The second-order valence-electron chi connectivity index (χ2n) is 3.83. The minimum absolute atomic E-state index is 0.209. The van der Waals surface area contributed by atoms with Crippen molar-refractivity contribution in [2.75, 3.05) is 13.6 Å². The van der Waals surface area contributed by atoms with Crippen molar-refractivity contribution in [3.05, 3.63) is 35.6 Å². The first-order chi connectivity index (χ1) is 8.26. The molecule has 1 rings (SSSR count). The first kappa shape index (κ1) is 13.5. The fourth-order valence-corrected chi connectivity index (χ4v) is 1.39. The highest BCUT2D eigenvalue weighted by Gasteiger charge is 1.97. The third-order valence-corrected chi connectivity index (χ3v) is 2.42. The normalized spacial score (nSPS) is 11.4. The molecule has 0 heterocycles. The molecule has 2 N–H and O–H groups in total. The van der Waals surface area contributed by atoms with Crippen LogP contribution in [0.4, 0.5) is 4.39 Å². The number of nitrogens with one attached hydrogen (secondary N) is 2. The standard InChI is InChI=1S/C13H20FN3/c1-3-4-9-16-13(15-2)17-10-11-5-7-12(14)8-6-11/h5-8H,3-4,9-10H2,1-2H3,(H2,15,16,17). The average molecular weight is 237 g/mol. The molecule has 0 bridgehead atoms. The van der Waals surface area contributed by atoms with Gasteiger partial charge < -0.3 is 10.6 Å². The highest BCUT2D eigenvalue weighted by Crippen LogP contribution is 2.01. The number of benzene rings is 1. The lowest BCUT2D eigenvalue weighted by Gasteiger charge is -2.11. The summed E-state index contributed by atoms with van der Waals surface area (Å²) < 4.78 is 12.7. The molecule has 0 aliphatic carbocycles. The molecule has 1 aromatic carbocycles. The van der Waals surface area contributed by atoms with Crippen molar-refractivity contribution < 1.29 is 4.39 Å². The van der Waals surface area contributed by atoms with Crippen molar-refractivity contribution in [1.82, 2.24) is 10.6 Å². The van der Waals surface area contributed by atoms with E-state index in [4.69, 9.17) is 0 Å². The zero-order valence-electron chi connectivity index (χ0n) is 10.5. The number of nitrogens with zero attached hydrogens (tertiary/aromatic N) is 1. The highest BCUT2D eigenvalue weighted by atomic mass is 19.1. The van der Waals surface area contributed by atoms with Gasteiger partial charge in [0.1, 0.15) is 5.82 Å². The molecular weight excluding hydrogens is 217 g/mol. The average Bonchev–Trinajstić information content (AvgIpc) is 2.35. The zero-order valence-corrected chi connectivity index (χ0v) is 10.5. The van der Waals surface area contributed by atoms with E-state index in [1.807, 2.05) is 0 Å². The lowest BCUT2D eigenvalue weighted by atomic mass is 10.2. The number of aliphatic imine (C=N–C) groups is 1. The van der Waals surface area contributed by atoms with E-state index >= 15 is 0 Å². The van der Waals surface area contributed by atoms with Crippen molar-refractivity contribution >= 4 is 5.96 Å². The monoisotopic (exact) mass is 237 g/mol. The van der Waals surface area contributed by atoms with E-state index in [1.165, 1.54) is 12.1 Å². The maximum Gasteiger partial charge on any atom is 0.191 e. The predicted molar refractivity (Wildman–Crippen MR) is 69.5 cm³/mol. The van der Waals surface area contributed by atoms with Crippen LogP contribution in [0.15, 0.2) is 29.3 Å². The van der Waals surface area contributed by atoms with Crippen LogP contribution >= 0.6 is 0 Å². The smallest absolute Gasteiger partial charge is 0.191 e. The van der Waals surface area contributed by atoms with Gasteiger partial charge in [0.2, 0.25) is 0 Å². The highest BCUT2D eigenvalue weighted by molar-refractivity contribution is 5.79. The molecule has 0 atom stereocenters. The summed E-state index contributed by atoms with van der Waals surface area (Å²) in [5.74, 6) is 0.571. The minimum atomic E-state index is -0.209. The van der Waals surface area contributed by atoms with Gasteiger partial charge in [0, 0.05) is 20.1 Å². The molecule has 17 heavy (non-hydrogen) atoms. The maximum atomic E-state index is 12.7. The lowest BCUT2D eigenvalue weighted by molar-refractivity contribution is 0.626. The summed E-state index contributed by atoms with van der Waals surface area (Å²) >= 11 is 0. The molecule has 0 aliphatic rings. The summed E-state index contributed by atoms with van der Waals surface area (Å²) in [5.41, 5.74) is 1.03. The summed E-state index contributed by atoms with van der Waals surface area (Å²) in [5, 5.41) is 6.40. The molecule has 4 heteroatoms. The second-order valence-corrected chi connectivity index (χ2v) is 3.83. The number of rotatable bonds is 5. The number of hydrogen-bond acceptors (Lipinski definition) is 1. The lowest BCUT2D eigenvalue weighted by Crippen LogP contribution is -2.37. The van der Waals surface area contributed by atoms with Gasteiger partial charge >= 0.3 is 0 Å². The number of halogens is 1. The van der Waals surface area contributed by atoms with Crippen molar-refractivity contribution in [2.45, 2.75) is 26.3 Å². The summed E-state index contributed by atoms with van der Waals surface area (Å²) in [4.78, 5) is 4.11. The molecular formula is C13H20FN3. The Morgan fingerprint density at radius 1 is 1.24 bits per heavy atom. The fourth-order valence-electron chi connectivity index (χ4n) is 1.39. The van der Waals surface area contributed by atoms with Crippen LogP contribution in [-0.2, 0) is 6.54 Å². The summed E-state index contributed by atoms with van der Waals surface area (Å²) in [7, 11) is 1.74. The molecule has 0 aromatic heterocycles. The Kier molecular flexibility index (Phi) is 6.07. The van der Waals surface area contributed by atoms with Gasteiger partial charge in [-0.05, 0) is 24.1 Å². The van der Waals surface area contributed by atoms with E-state index in [2.05, 4.69) is 22.5 Å². The van der Waals surface area contributed by atoms with Crippen LogP contribution in [-0.4, -0.2) is 19.6 Å². The van der Waals surface area contributed by atoms with E-state index in [0.29, 0.717) is 6.54 Å². The van der Waals surface area contributed by atoms with Gasteiger partial charge in [-0.1, -0.05) is 25.5 Å². The molecule has 0 saturated heterocycles. The quantitative estimate of drug-likeness (QED) is 0.468. The van der Waals surface area contributed by atoms with E-state index in [9.17, 15) is 4.39 Å². The first-order valence-corrected chi connectivity index (χ1v) is 5.95. The Hall–Kier alpha value is -1.58. The molecule has 94 valence electrons. The number of guanidine groups is 1. The SMILES string of the molecule is CCCCNC(=NC)NCc1ccc(F)cc1. The maximum absolute atomic E-state index is 12.7. The van der Waals surface area contributed by atoms with Crippen LogP contribution < -0.4 is 10.6 Å². The van der Waals surface area contributed by atoms with E-state index in [0.717, 1.165) is 30.9 Å². The largest absolute Gasteiger partial charge is 0.356 e. The Labute approximate surface area is 102 Å². The van der Waals surface area contributed by atoms with Crippen LogP contribution in [0.25, 0.3) is 0 Å². The van der Waals surface area contributed by atoms with Crippen molar-refractivity contribution in [2.24, 2.45) is 4.99 Å². The van der Waals surface area contributed by atoms with Crippen LogP contribution in [0.2, 0.25) is 0 Å².